The van der Waals surface area contributed by atoms with Crippen LogP contribution in [0.15, 0.2) is 30.3 Å². The Balaban J connectivity index is 2.70. The maximum atomic E-state index is 12.6. The Morgan fingerprint density at radius 3 is 2.13 bits per heavy atom. The van der Waals surface area contributed by atoms with Crippen molar-refractivity contribution < 1.29 is 33.8 Å². The van der Waals surface area contributed by atoms with Gasteiger partial charge in [0.05, 0.1) is 6.42 Å². The van der Waals surface area contributed by atoms with E-state index < -0.39 is 48.0 Å². The normalized spacial score (nSPS) is 13.1. The fourth-order valence-corrected chi connectivity index (χ4v) is 2.44. The number of carboxylic acid groups (broad SMARTS) is 1. The van der Waals surface area contributed by atoms with Gasteiger partial charge in [0.2, 0.25) is 5.91 Å². The summed E-state index contributed by atoms with van der Waals surface area (Å²) >= 11 is 0. The fourth-order valence-electron chi connectivity index (χ4n) is 2.44. The Hall–Kier alpha value is -3.10. The van der Waals surface area contributed by atoms with Gasteiger partial charge in [-0.3, -0.25) is 9.59 Å². The first kappa shape index (κ1) is 24.9. The second kappa shape index (κ2) is 11.2. The molecule has 0 unspecified atom stereocenters. The van der Waals surface area contributed by atoms with Crippen LogP contribution in [0.5, 0.6) is 0 Å². The molecule has 9 heteroatoms. The number of carbonyl (C=O) groups is 4. The third-order valence-electron chi connectivity index (χ3n) is 3.84. The zero-order valence-electron chi connectivity index (χ0n) is 17.9. The van der Waals surface area contributed by atoms with Gasteiger partial charge in [0, 0.05) is 0 Å². The van der Waals surface area contributed by atoms with Crippen molar-refractivity contribution in [2.75, 3.05) is 0 Å². The molecule has 30 heavy (non-hydrogen) atoms. The topological polar surface area (TPSA) is 131 Å². The number of hydrogen-bond donors (Lipinski definition) is 3. The van der Waals surface area contributed by atoms with E-state index in [-0.39, 0.29) is 12.5 Å². The van der Waals surface area contributed by atoms with E-state index in [4.69, 9.17) is 9.47 Å². The van der Waals surface area contributed by atoms with E-state index in [9.17, 15) is 24.3 Å². The van der Waals surface area contributed by atoms with Crippen LogP contribution in [0.25, 0.3) is 0 Å². The van der Waals surface area contributed by atoms with Crippen LogP contribution >= 0.6 is 0 Å². The molecule has 0 fully saturated rings. The predicted molar refractivity (Wildman–Crippen MR) is 108 cm³/mol. The molecule has 3 N–H and O–H groups in total. The standard InChI is InChI=1S/C21H30N2O7/c1-13(2)17(23-20(28)29-12-14-9-7-6-8-10-14)18(25)22-15(19(26)27)11-16(24)30-21(3,4)5/h6-10,13,15,17H,11-12H2,1-5H3,(H,22,25)(H,23,28)(H,26,27)/t15-,17-/m0/s1. The van der Waals surface area contributed by atoms with E-state index in [1.54, 1.807) is 58.9 Å². The SMILES string of the molecule is CC(C)[C@H](NC(=O)OCc1ccccc1)C(=O)N[C@@H](CC(=O)OC(C)(C)C)C(=O)O. The number of amides is 2. The minimum Gasteiger partial charge on any atom is -0.480 e. The molecule has 9 nitrogen and oxygen atoms in total. The van der Waals surface area contributed by atoms with E-state index in [1.807, 2.05) is 6.07 Å². The highest BCUT2D eigenvalue weighted by molar-refractivity contribution is 5.91. The molecule has 0 heterocycles. The van der Waals surface area contributed by atoms with E-state index in [1.165, 1.54) is 0 Å². The Morgan fingerprint density at radius 2 is 1.63 bits per heavy atom. The average molecular weight is 422 g/mol. The fraction of sp³-hybridized carbons (Fsp3) is 0.524. The lowest BCUT2D eigenvalue weighted by molar-refractivity contribution is -0.158. The molecule has 0 aliphatic carbocycles. The largest absolute Gasteiger partial charge is 0.480 e. The van der Waals surface area contributed by atoms with Crippen molar-refractivity contribution >= 4 is 23.9 Å². The predicted octanol–water partition coefficient (Wildman–Crippen LogP) is 2.24. The number of rotatable bonds is 9. The van der Waals surface area contributed by atoms with Crippen LogP contribution in [-0.2, 0) is 30.5 Å². The van der Waals surface area contributed by atoms with Gasteiger partial charge in [-0.1, -0.05) is 44.2 Å². The number of carbonyl (C=O) groups excluding carboxylic acids is 3. The summed E-state index contributed by atoms with van der Waals surface area (Å²) in [5.41, 5.74) is -0.00389. The third-order valence-corrected chi connectivity index (χ3v) is 3.84. The van der Waals surface area contributed by atoms with Crippen LogP contribution in [0.1, 0.15) is 46.6 Å². The summed E-state index contributed by atoms with van der Waals surface area (Å²) in [6, 6.07) is 6.47. The number of benzene rings is 1. The number of ether oxygens (including phenoxy) is 2. The van der Waals surface area contributed by atoms with Crippen LogP contribution in [-0.4, -0.2) is 46.7 Å². The summed E-state index contributed by atoms with van der Waals surface area (Å²) in [5, 5.41) is 14.1. The van der Waals surface area contributed by atoms with Gasteiger partial charge in [-0.25, -0.2) is 9.59 Å². The van der Waals surface area contributed by atoms with Crippen molar-refractivity contribution in [1.29, 1.82) is 0 Å². The summed E-state index contributed by atoms with van der Waals surface area (Å²) < 4.78 is 10.2. The maximum absolute atomic E-state index is 12.6. The minimum absolute atomic E-state index is 0.0233. The number of hydrogen-bond acceptors (Lipinski definition) is 6. The van der Waals surface area contributed by atoms with Crippen molar-refractivity contribution in [2.45, 2.75) is 65.3 Å². The van der Waals surface area contributed by atoms with Crippen molar-refractivity contribution in [1.82, 2.24) is 10.6 Å². The number of alkyl carbamates (subject to hydrolysis) is 1. The second-order valence-electron chi connectivity index (χ2n) is 8.12. The van der Waals surface area contributed by atoms with Crippen LogP contribution in [0.3, 0.4) is 0 Å². The molecule has 2 atom stereocenters. The minimum atomic E-state index is -1.49. The maximum Gasteiger partial charge on any atom is 0.408 e. The lowest BCUT2D eigenvalue weighted by Gasteiger charge is -2.24. The summed E-state index contributed by atoms with van der Waals surface area (Å²) in [6.45, 7) is 8.35. The molecular weight excluding hydrogens is 392 g/mol. The third kappa shape index (κ3) is 9.40. The van der Waals surface area contributed by atoms with E-state index in [2.05, 4.69) is 10.6 Å². The Morgan fingerprint density at radius 1 is 1.03 bits per heavy atom. The average Bonchev–Trinajstić information content (AvgIpc) is 2.62. The van der Waals surface area contributed by atoms with Crippen LogP contribution < -0.4 is 10.6 Å². The molecular formula is C21H30N2O7. The molecule has 0 aliphatic rings. The highest BCUT2D eigenvalue weighted by Crippen LogP contribution is 2.10. The first-order valence-corrected chi connectivity index (χ1v) is 9.61. The van der Waals surface area contributed by atoms with Crippen LogP contribution in [0, 0.1) is 5.92 Å². The smallest absolute Gasteiger partial charge is 0.408 e. The highest BCUT2D eigenvalue weighted by Gasteiger charge is 2.31. The molecule has 2 amide bonds. The number of esters is 1. The van der Waals surface area contributed by atoms with Crippen molar-refractivity contribution in [3.05, 3.63) is 35.9 Å². The highest BCUT2D eigenvalue weighted by atomic mass is 16.6. The van der Waals surface area contributed by atoms with Gasteiger partial charge < -0.3 is 25.2 Å². The quantitative estimate of drug-likeness (QED) is 0.520. The number of carboxylic acids is 1. The van der Waals surface area contributed by atoms with Crippen LogP contribution in [0.4, 0.5) is 4.79 Å². The summed E-state index contributed by atoms with van der Waals surface area (Å²) in [6.07, 6.45) is -1.35. The monoisotopic (exact) mass is 422 g/mol. The first-order valence-electron chi connectivity index (χ1n) is 9.61. The molecule has 0 bridgehead atoms. The molecule has 0 aromatic heterocycles. The van der Waals surface area contributed by atoms with Gasteiger partial charge in [-0.05, 0) is 32.3 Å². The Bertz CT molecular complexity index is 741. The van der Waals surface area contributed by atoms with Gasteiger partial charge in [-0.2, -0.15) is 0 Å². The van der Waals surface area contributed by atoms with Gasteiger partial charge in [-0.15, -0.1) is 0 Å². The van der Waals surface area contributed by atoms with Gasteiger partial charge in [0.15, 0.2) is 0 Å². The Kier molecular flexibility index (Phi) is 9.29. The zero-order chi connectivity index (χ0) is 22.9. The van der Waals surface area contributed by atoms with E-state index in [0.29, 0.717) is 0 Å². The molecule has 1 aromatic carbocycles. The molecule has 0 aliphatic heterocycles. The van der Waals surface area contributed by atoms with Gasteiger partial charge in [0.1, 0.15) is 24.3 Å². The summed E-state index contributed by atoms with van der Waals surface area (Å²) in [4.78, 5) is 48.1. The second-order valence-corrected chi connectivity index (χ2v) is 8.12. The van der Waals surface area contributed by atoms with Crippen LogP contribution in [0.2, 0.25) is 0 Å². The van der Waals surface area contributed by atoms with Gasteiger partial charge in [0.25, 0.3) is 0 Å². The molecule has 0 saturated heterocycles. The zero-order valence-corrected chi connectivity index (χ0v) is 17.9. The lowest BCUT2D eigenvalue weighted by Crippen LogP contribution is -2.54. The van der Waals surface area contributed by atoms with Crippen molar-refractivity contribution in [2.24, 2.45) is 5.92 Å². The van der Waals surface area contributed by atoms with Crippen molar-refractivity contribution in [3.63, 3.8) is 0 Å². The van der Waals surface area contributed by atoms with Gasteiger partial charge >= 0.3 is 18.0 Å². The lowest BCUT2D eigenvalue weighted by atomic mass is 10.0. The van der Waals surface area contributed by atoms with E-state index >= 15 is 0 Å². The summed E-state index contributed by atoms with van der Waals surface area (Å²) in [7, 11) is 0. The number of nitrogens with one attached hydrogen (secondary N) is 2. The first-order chi connectivity index (χ1) is 13.9. The molecule has 166 valence electrons. The van der Waals surface area contributed by atoms with E-state index in [0.717, 1.165) is 5.56 Å². The molecule has 0 saturated carbocycles. The van der Waals surface area contributed by atoms with Crippen molar-refractivity contribution in [3.8, 4) is 0 Å². The number of aliphatic carboxylic acids is 1. The summed E-state index contributed by atoms with van der Waals surface area (Å²) in [5.74, 6) is -3.24. The molecule has 0 radical (unpaired) electrons. The molecule has 1 aromatic rings. The molecule has 1 rings (SSSR count). The Labute approximate surface area is 176 Å². The molecule has 0 spiro atoms.